The molecule has 1 heterocycles. The molecule has 1 rings (SSSR count). The minimum absolute atomic E-state index is 0.150. The number of hydrogen-bond donors (Lipinski definition) is 2. The molecule has 0 radical (unpaired) electrons. The van der Waals surface area contributed by atoms with Gasteiger partial charge in [0.2, 0.25) is 5.91 Å². The molecule has 1 aliphatic rings. The molecule has 1 atom stereocenters. The molecule has 0 aromatic carbocycles. The molecule has 0 saturated carbocycles. The predicted octanol–water partition coefficient (Wildman–Crippen LogP) is 1.46. The first-order valence-corrected chi connectivity index (χ1v) is 5.90. The van der Waals surface area contributed by atoms with E-state index >= 15 is 0 Å². The topological polar surface area (TPSA) is 41.1 Å². The lowest BCUT2D eigenvalue weighted by Gasteiger charge is -2.16. The summed E-state index contributed by atoms with van der Waals surface area (Å²) in [5.74, 6) is 0.341. The normalized spacial score (nSPS) is 18.1. The molecular formula is C12H22N2O. The van der Waals surface area contributed by atoms with Crippen molar-refractivity contribution in [1.82, 2.24) is 10.6 Å². The Hall–Kier alpha value is -0.830. The minimum atomic E-state index is 0.150. The molecule has 3 heteroatoms. The standard InChI is InChI=1S/C12H22N2O/c1-3-4-10(2)12(15)14-9-11-5-7-13-8-6-11/h5,10,13H,3-4,6-9H2,1-2H3,(H,14,15). The third kappa shape index (κ3) is 4.47. The molecule has 0 aromatic rings. The van der Waals surface area contributed by atoms with E-state index in [1.165, 1.54) is 5.57 Å². The van der Waals surface area contributed by atoms with Gasteiger partial charge in [0.1, 0.15) is 0 Å². The predicted molar refractivity (Wildman–Crippen MR) is 62.7 cm³/mol. The van der Waals surface area contributed by atoms with Crippen LogP contribution in [0, 0.1) is 5.92 Å². The van der Waals surface area contributed by atoms with Gasteiger partial charge in [-0.05, 0) is 19.4 Å². The van der Waals surface area contributed by atoms with E-state index in [-0.39, 0.29) is 11.8 Å². The first kappa shape index (κ1) is 12.2. The van der Waals surface area contributed by atoms with Crippen molar-refractivity contribution in [2.45, 2.75) is 33.1 Å². The van der Waals surface area contributed by atoms with Gasteiger partial charge in [0, 0.05) is 19.0 Å². The summed E-state index contributed by atoms with van der Waals surface area (Å²) >= 11 is 0. The summed E-state index contributed by atoms with van der Waals surface area (Å²) in [7, 11) is 0. The smallest absolute Gasteiger partial charge is 0.223 e. The van der Waals surface area contributed by atoms with Gasteiger partial charge in [-0.15, -0.1) is 0 Å². The van der Waals surface area contributed by atoms with Crippen LogP contribution < -0.4 is 10.6 Å². The minimum Gasteiger partial charge on any atom is -0.352 e. The SMILES string of the molecule is CCCC(C)C(=O)NCC1=CCNCC1. The van der Waals surface area contributed by atoms with Crippen LogP contribution in [0.3, 0.4) is 0 Å². The van der Waals surface area contributed by atoms with Crippen molar-refractivity contribution in [3.8, 4) is 0 Å². The third-order valence-corrected chi connectivity index (χ3v) is 2.82. The van der Waals surface area contributed by atoms with Gasteiger partial charge in [-0.3, -0.25) is 4.79 Å². The van der Waals surface area contributed by atoms with Gasteiger partial charge in [0.05, 0.1) is 0 Å². The monoisotopic (exact) mass is 210 g/mol. The lowest BCUT2D eigenvalue weighted by Crippen LogP contribution is -2.32. The Morgan fingerprint density at radius 2 is 2.47 bits per heavy atom. The number of carbonyl (C=O) groups excluding carboxylic acids is 1. The van der Waals surface area contributed by atoms with Gasteiger partial charge in [-0.2, -0.15) is 0 Å². The summed E-state index contributed by atoms with van der Waals surface area (Å²) in [5.41, 5.74) is 1.35. The van der Waals surface area contributed by atoms with Crippen LogP contribution in [-0.4, -0.2) is 25.5 Å². The lowest BCUT2D eigenvalue weighted by molar-refractivity contribution is -0.124. The van der Waals surface area contributed by atoms with E-state index in [2.05, 4.69) is 23.6 Å². The van der Waals surface area contributed by atoms with E-state index in [1.807, 2.05) is 6.92 Å². The van der Waals surface area contributed by atoms with E-state index in [0.29, 0.717) is 0 Å². The average Bonchev–Trinajstić information content (AvgIpc) is 2.27. The van der Waals surface area contributed by atoms with Crippen LogP contribution in [0.25, 0.3) is 0 Å². The molecule has 86 valence electrons. The highest BCUT2D eigenvalue weighted by Gasteiger charge is 2.11. The molecule has 15 heavy (non-hydrogen) atoms. The van der Waals surface area contributed by atoms with Gasteiger partial charge >= 0.3 is 0 Å². The molecule has 2 N–H and O–H groups in total. The van der Waals surface area contributed by atoms with E-state index in [0.717, 1.165) is 38.9 Å². The van der Waals surface area contributed by atoms with Gasteiger partial charge in [0.25, 0.3) is 0 Å². The van der Waals surface area contributed by atoms with Gasteiger partial charge < -0.3 is 10.6 Å². The largest absolute Gasteiger partial charge is 0.352 e. The van der Waals surface area contributed by atoms with Crippen molar-refractivity contribution in [2.24, 2.45) is 5.92 Å². The molecule has 0 saturated heterocycles. The number of nitrogens with one attached hydrogen (secondary N) is 2. The van der Waals surface area contributed by atoms with Gasteiger partial charge in [-0.25, -0.2) is 0 Å². The molecule has 3 nitrogen and oxygen atoms in total. The number of carbonyl (C=O) groups is 1. The Bertz CT molecular complexity index is 236. The summed E-state index contributed by atoms with van der Waals surface area (Å²) < 4.78 is 0. The van der Waals surface area contributed by atoms with Gasteiger partial charge in [0.15, 0.2) is 0 Å². The first-order valence-electron chi connectivity index (χ1n) is 5.90. The zero-order valence-corrected chi connectivity index (χ0v) is 9.81. The molecule has 0 spiro atoms. The summed E-state index contributed by atoms with van der Waals surface area (Å²) in [4.78, 5) is 11.6. The zero-order valence-electron chi connectivity index (χ0n) is 9.81. The van der Waals surface area contributed by atoms with Crippen LogP contribution in [-0.2, 0) is 4.79 Å². The second-order valence-corrected chi connectivity index (χ2v) is 4.22. The van der Waals surface area contributed by atoms with Crippen molar-refractivity contribution in [3.05, 3.63) is 11.6 Å². The molecular weight excluding hydrogens is 188 g/mol. The number of hydrogen-bond acceptors (Lipinski definition) is 2. The van der Waals surface area contributed by atoms with Crippen LogP contribution in [0.5, 0.6) is 0 Å². The number of amides is 1. The van der Waals surface area contributed by atoms with Crippen LogP contribution in [0.1, 0.15) is 33.1 Å². The maximum Gasteiger partial charge on any atom is 0.223 e. The van der Waals surface area contributed by atoms with Crippen LogP contribution in [0.2, 0.25) is 0 Å². The highest BCUT2D eigenvalue weighted by molar-refractivity contribution is 5.78. The van der Waals surface area contributed by atoms with Crippen LogP contribution in [0.4, 0.5) is 0 Å². The molecule has 1 aliphatic heterocycles. The molecule has 0 bridgehead atoms. The Morgan fingerprint density at radius 1 is 1.67 bits per heavy atom. The van der Waals surface area contributed by atoms with Gasteiger partial charge in [-0.1, -0.05) is 31.9 Å². The zero-order chi connectivity index (χ0) is 11.1. The highest BCUT2D eigenvalue weighted by atomic mass is 16.1. The fourth-order valence-electron chi connectivity index (χ4n) is 1.77. The second kappa shape index (κ2) is 6.62. The quantitative estimate of drug-likeness (QED) is 0.674. The van der Waals surface area contributed by atoms with Crippen LogP contribution in [0.15, 0.2) is 11.6 Å². The summed E-state index contributed by atoms with van der Waals surface area (Å²) in [6, 6.07) is 0. The third-order valence-electron chi connectivity index (χ3n) is 2.82. The Morgan fingerprint density at radius 3 is 3.07 bits per heavy atom. The van der Waals surface area contributed by atoms with Crippen molar-refractivity contribution >= 4 is 5.91 Å². The Labute approximate surface area is 92.3 Å². The molecule has 0 aliphatic carbocycles. The Kier molecular flexibility index (Phi) is 5.40. The van der Waals surface area contributed by atoms with E-state index in [4.69, 9.17) is 0 Å². The second-order valence-electron chi connectivity index (χ2n) is 4.22. The molecule has 0 aromatic heterocycles. The summed E-state index contributed by atoms with van der Waals surface area (Å²) in [6.07, 6.45) is 5.28. The van der Waals surface area contributed by atoms with Crippen molar-refractivity contribution < 1.29 is 4.79 Å². The summed E-state index contributed by atoms with van der Waals surface area (Å²) in [6.45, 7) is 6.81. The fraction of sp³-hybridized carbons (Fsp3) is 0.750. The Balaban J connectivity index is 2.23. The lowest BCUT2D eigenvalue weighted by atomic mass is 10.0. The first-order chi connectivity index (χ1) is 7.24. The summed E-state index contributed by atoms with van der Waals surface area (Å²) in [5, 5.41) is 6.26. The molecule has 1 amide bonds. The average molecular weight is 210 g/mol. The maximum atomic E-state index is 11.6. The van der Waals surface area contributed by atoms with E-state index < -0.39 is 0 Å². The van der Waals surface area contributed by atoms with E-state index in [9.17, 15) is 4.79 Å². The molecule has 0 fully saturated rings. The van der Waals surface area contributed by atoms with Crippen molar-refractivity contribution in [1.29, 1.82) is 0 Å². The van der Waals surface area contributed by atoms with Crippen molar-refractivity contribution in [3.63, 3.8) is 0 Å². The van der Waals surface area contributed by atoms with Crippen LogP contribution >= 0.6 is 0 Å². The number of rotatable bonds is 5. The van der Waals surface area contributed by atoms with Crippen molar-refractivity contribution in [2.75, 3.05) is 19.6 Å². The molecule has 1 unspecified atom stereocenters. The van der Waals surface area contributed by atoms with E-state index in [1.54, 1.807) is 0 Å². The fourth-order valence-corrected chi connectivity index (χ4v) is 1.77. The highest BCUT2D eigenvalue weighted by Crippen LogP contribution is 2.06. The maximum absolute atomic E-state index is 11.6.